The second-order valence-corrected chi connectivity index (χ2v) is 4.42. The van der Waals surface area contributed by atoms with Crippen molar-refractivity contribution in [2.75, 3.05) is 18.5 Å². The number of hydrogen-bond donors (Lipinski definition) is 2. The van der Waals surface area contributed by atoms with Gasteiger partial charge in [-0.15, -0.1) is 0 Å². The lowest BCUT2D eigenvalue weighted by molar-refractivity contribution is -0.136. The standard InChI is InChI=1S/C13H14F2N2O3/c14-8-3-4-11(10(15)6-8)17-13(19)12(18)16-7-9-2-1-5-20-9/h3-4,6,9H,1-2,5,7H2,(H,16,18)(H,17,19)/t9-/m0/s1. The molecule has 1 saturated heterocycles. The van der Waals surface area contributed by atoms with Crippen molar-refractivity contribution in [3.05, 3.63) is 29.8 Å². The molecule has 0 spiro atoms. The molecule has 0 bridgehead atoms. The average Bonchev–Trinajstić information content (AvgIpc) is 2.92. The number of nitrogens with one attached hydrogen (secondary N) is 2. The lowest BCUT2D eigenvalue weighted by Gasteiger charge is -2.11. The molecule has 1 atom stereocenters. The van der Waals surface area contributed by atoms with E-state index in [0.29, 0.717) is 12.7 Å². The smallest absolute Gasteiger partial charge is 0.313 e. The summed E-state index contributed by atoms with van der Waals surface area (Å²) in [5.74, 6) is -3.59. The molecule has 2 amide bonds. The SMILES string of the molecule is O=C(NC[C@@H]1CCCO1)C(=O)Nc1ccc(F)cc1F. The van der Waals surface area contributed by atoms with Crippen LogP contribution in [0.15, 0.2) is 18.2 Å². The number of halogens is 2. The van der Waals surface area contributed by atoms with E-state index in [4.69, 9.17) is 4.74 Å². The molecule has 0 radical (unpaired) electrons. The van der Waals surface area contributed by atoms with Gasteiger partial charge >= 0.3 is 11.8 Å². The van der Waals surface area contributed by atoms with Gasteiger partial charge in [0.25, 0.3) is 0 Å². The monoisotopic (exact) mass is 284 g/mol. The Bertz CT molecular complexity index is 516. The van der Waals surface area contributed by atoms with Crippen molar-refractivity contribution in [3.8, 4) is 0 Å². The molecule has 1 heterocycles. The van der Waals surface area contributed by atoms with Crippen LogP contribution >= 0.6 is 0 Å². The van der Waals surface area contributed by atoms with E-state index in [1.807, 2.05) is 0 Å². The van der Waals surface area contributed by atoms with Gasteiger partial charge in [0.2, 0.25) is 0 Å². The fourth-order valence-electron chi connectivity index (χ4n) is 1.86. The number of carbonyl (C=O) groups excluding carboxylic acids is 2. The zero-order valence-corrected chi connectivity index (χ0v) is 10.6. The fraction of sp³-hybridized carbons (Fsp3) is 0.385. The molecule has 7 heteroatoms. The Balaban J connectivity index is 1.85. The third-order valence-corrected chi connectivity index (χ3v) is 2.90. The number of carbonyl (C=O) groups is 2. The molecule has 1 aromatic carbocycles. The van der Waals surface area contributed by atoms with Crippen molar-refractivity contribution in [2.45, 2.75) is 18.9 Å². The lowest BCUT2D eigenvalue weighted by atomic mass is 10.2. The summed E-state index contributed by atoms with van der Waals surface area (Å²) in [6.45, 7) is 0.881. The maximum absolute atomic E-state index is 13.3. The number of rotatable bonds is 3. The van der Waals surface area contributed by atoms with Crippen LogP contribution in [0.5, 0.6) is 0 Å². The molecule has 0 unspecified atom stereocenters. The minimum absolute atomic E-state index is 0.0886. The molecule has 1 fully saturated rings. The van der Waals surface area contributed by atoms with Gasteiger partial charge in [0.15, 0.2) is 0 Å². The van der Waals surface area contributed by atoms with Crippen LogP contribution in [0, 0.1) is 11.6 Å². The number of anilines is 1. The van der Waals surface area contributed by atoms with Gasteiger partial charge in [0.05, 0.1) is 11.8 Å². The van der Waals surface area contributed by atoms with Crippen LogP contribution in [0.4, 0.5) is 14.5 Å². The first-order valence-corrected chi connectivity index (χ1v) is 6.22. The highest BCUT2D eigenvalue weighted by molar-refractivity contribution is 6.39. The Morgan fingerprint density at radius 1 is 1.30 bits per heavy atom. The molecule has 1 aliphatic rings. The first-order chi connectivity index (χ1) is 9.56. The second kappa shape index (κ2) is 6.42. The predicted molar refractivity (Wildman–Crippen MR) is 67.0 cm³/mol. The number of amides is 2. The molecule has 1 aliphatic heterocycles. The van der Waals surface area contributed by atoms with Gasteiger partial charge in [0.1, 0.15) is 11.6 Å². The summed E-state index contributed by atoms with van der Waals surface area (Å²) in [5, 5.41) is 4.48. The van der Waals surface area contributed by atoms with E-state index in [0.717, 1.165) is 25.0 Å². The van der Waals surface area contributed by atoms with E-state index in [-0.39, 0.29) is 18.3 Å². The minimum Gasteiger partial charge on any atom is -0.376 e. The molecular formula is C13H14F2N2O3. The van der Waals surface area contributed by atoms with Crippen molar-refractivity contribution in [3.63, 3.8) is 0 Å². The zero-order valence-electron chi connectivity index (χ0n) is 10.6. The molecule has 0 aromatic heterocycles. The van der Waals surface area contributed by atoms with E-state index >= 15 is 0 Å². The molecule has 2 N–H and O–H groups in total. The van der Waals surface area contributed by atoms with Gasteiger partial charge in [-0.05, 0) is 25.0 Å². The molecule has 20 heavy (non-hydrogen) atoms. The molecular weight excluding hydrogens is 270 g/mol. The summed E-state index contributed by atoms with van der Waals surface area (Å²) in [7, 11) is 0. The van der Waals surface area contributed by atoms with E-state index in [9.17, 15) is 18.4 Å². The van der Waals surface area contributed by atoms with Crippen LogP contribution < -0.4 is 10.6 Å². The van der Waals surface area contributed by atoms with Crippen LogP contribution in [-0.4, -0.2) is 31.1 Å². The Morgan fingerprint density at radius 3 is 2.75 bits per heavy atom. The number of hydrogen-bond acceptors (Lipinski definition) is 3. The molecule has 5 nitrogen and oxygen atoms in total. The highest BCUT2D eigenvalue weighted by atomic mass is 19.1. The van der Waals surface area contributed by atoms with E-state index in [1.54, 1.807) is 0 Å². The Labute approximate surface area is 114 Å². The van der Waals surface area contributed by atoms with Gasteiger partial charge < -0.3 is 15.4 Å². The normalized spacial score (nSPS) is 17.8. The van der Waals surface area contributed by atoms with Crippen molar-refractivity contribution in [2.24, 2.45) is 0 Å². The summed E-state index contributed by atoms with van der Waals surface area (Å²) >= 11 is 0. The Morgan fingerprint density at radius 2 is 2.10 bits per heavy atom. The van der Waals surface area contributed by atoms with Gasteiger partial charge in [-0.2, -0.15) is 0 Å². The number of benzene rings is 1. The Kier molecular flexibility index (Phi) is 4.62. The molecule has 0 saturated carbocycles. The predicted octanol–water partition coefficient (Wildman–Crippen LogP) is 1.20. The van der Waals surface area contributed by atoms with Gasteiger partial charge in [-0.1, -0.05) is 0 Å². The van der Waals surface area contributed by atoms with Gasteiger partial charge in [0, 0.05) is 19.2 Å². The molecule has 1 aromatic rings. The molecule has 108 valence electrons. The lowest BCUT2D eigenvalue weighted by Crippen LogP contribution is -2.39. The average molecular weight is 284 g/mol. The van der Waals surface area contributed by atoms with E-state index in [1.165, 1.54) is 0 Å². The largest absolute Gasteiger partial charge is 0.376 e. The first kappa shape index (κ1) is 14.4. The summed E-state index contributed by atoms with van der Waals surface area (Å²) in [5.41, 5.74) is -0.247. The third-order valence-electron chi connectivity index (χ3n) is 2.90. The van der Waals surface area contributed by atoms with Gasteiger partial charge in [-0.25, -0.2) is 8.78 Å². The van der Waals surface area contributed by atoms with Crippen LogP contribution in [0.3, 0.4) is 0 Å². The summed E-state index contributed by atoms with van der Waals surface area (Å²) in [4.78, 5) is 23.0. The van der Waals surface area contributed by atoms with Crippen LogP contribution in [0.25, 0.3) is 0 Å². The maximum atomic E-state index is 13.3. The van der Waals surface area contributed by atoms with Gasteiger partial charge in [-0.3, -0.25) is 9.59 Å². The highest BCUT2D eigenvalue weighted by Gasteiger charge is 2.20. The maximum Gasteiger partial charge on any atom is 0.313 e. The highest BCUT2D eigenvalue weighted by Crippen LogP contribution is 2.14. The van der Waals surface area contributed by atoms with Crippen molar-refractivity contribution in [1.82, 2.24) is 5.32 Å². The van der Waals surface area contributed by atoms with Crippen LogP contribution in [0.2, 0.25) is 0 Å². The van der Waals surface area contributed by atoms with Crippen LogP contribution in [0.1, 0.15) is 12.8 Å². The molecule has 2 rings (SSSR count). The zero-order chi connectivity index (χ0) is 14.5. The van der Waals surface area contributed by atoms with Crippen molar-refractivity contribution < 1.29 is 23.1 Å². The summed E-state index contributed by atoms with van der Waals surface area (Å²) in [6.07, 6.45) is 1.66. The topological polar surface area (TPSA) is 67.4 Å². The van der Waals surface area contributed by atoms with E-state index < -0.39 is 23.4 Å². The Hall–Kier alpha value is -2.02. The second-order valence-electron chi connectivity index (χ2n) is 4.42. The quantitative estimate of drug-likeness (QED) is 0.820. The number of ether oxygens (including phenoxy) is 1. The van der Waals surface area contributed by atoms with Crippen molar-refractivity contribution >= 4 is 17.5 Å². The summed E-state index contributed by atoms with van der Waals surface area (Å²) in [6, 6.07) is 2.67. The summed E-state index contributed by atoms with van der Waals surface area (Å²) < 4.78 is 31.3. The molecule has 0 aliphatic carbocycles. The fourth-order valence-corrected chi connectivity index (χ4v) is 1.86. The van der Waals surface area contributed by atoms with E-state index in [2.05, 4.69) is 10.6 Å². The third kappa shape index (κ3) is 3.74. The van der Waals surface area contributed by atoms with Crippen molar-refractivity contribution in [1.29, 1.82) is 0 Å². The first-order valence-electron chi connectivity index (χ1n) is 6.22. The minimum atomic E-state index is -1.01. The van der Waals surface area contributed by atoms with Crippen LogP contribution in [-0.2, 0) is 14.3 Å².